The van der Waals surface area contributed by atoms with E-state index in [1.165, 1.54) is 25.4 Å². The average Bonchev–Trinajstić information content (AvgIpc) is 2.51. The summed E-state index contributed by atoms with van der Waals surface area (Å²) in [4.78, 5) is 16.0. The number of carbonyl (C=O) groups is 1. The van der Waals surface area contributed by atoms with Gasteiger partial charge in [-0.1, -0.05) is 29.3 Å². The summed E-state index contributed by atoms with van der Waals surface area (Å²) in [5.74, 6) is -0.414. The van der Waals surface area contributed by atoms with E-state index >= 15 is 0 Å². The van der Waals surface area contributed by atoms with Gasteiger partial charge in [-0.25, -0.2) is 13.4 Å². The molecule has 2 rings (SSSR count). The number of pyridine rings is 1. The lowest BCUT2D eigenvalue weighted by atomic mass is 10.1. The molecule has 134 valence electrons. The second-order valence-electron chi connectivity index (χ2n) is 5.90. The van der Waals surface area contributed by atoms with Crippen molar-refractivity contribution >= 4 is 33.2 Å². The molecule has 0 unspecified atom stereocenters. The van der Waals surface area contributed by atoms with Crippen LogP contribution in [0.3, 0.4) is 0 Å². The van der Waals surface area contributed by atoms with Crippen LogP contribution in [0.2, 0.25) is 5.15 Å². The number of aryl methyl sites for hydroxylation is 3. The van der Waals surface area contributed by atoms with Crippen molar-refractivity contribution in [3.63, 3.8) is 0 Å². The zero-order valence-corrected chi connectivity index (χ0v) is 16.1. The highest BCUT2D eigenvalue weighted by molar-refractivity contribution is 7.89. The standard InChI is InChI=1S/C17H20ClN3O3S/c1-11-7-12(2)17(13(3)8-11)20-16(22)10-21(4)25(23,24)14-5-6-15(18)19-9-14/h5-9H,10H2,1-4H3,(H,20,22). The summed E-state index contributed by atoms with van der Waals surface area (Å²) in [5.41, 5.74) is 3.66. The Morgan fingerprint density at radius 1 is 1.20 bits per heavy atom. The number of benzene rings is 1. The predicted octanol–water partition coefficient (Wildman–Crippen LogP) is 2.92. The van der Waals surface area contributed by atoms with Crippen molar-refractivity contribution in [3.8, 4) is 0 Å². The minimum atomic E-state index is -3.82. The highest BCUT2D eigenvalue weighted by atomic mass is 35.5. The van der Waals surface area contributed by atoms with Gasteiger partial charge in [0.25, 0.3) is 0 Å². The number of nitrogens with zero attached hydrogens (tertiary/aromatic N) is 2. The number of nitrogens with one attached hydrogen (secondary N) is 1. The predicted molar refractivity (Wildman–Crippen MR) is 98.3 cm³/mol. The van der Waals surface area contributed by atoms with Crippen LogP contribution in [0.1, 0.15) is 16.7 Å². The Bertz CT molecular complexity index is 873. The Balaban J connectivity index is 2.14. The molecule has 2 aromatic rings. The molecule has 0 radical (unpaired) electrons. The molecule has 0 bridgehead atoms. The van der Waals surface area contributed by atoms with Gasteiger partial charge in [0.15, 0.2) is 0 Å². The second-order valence-corrected chi connectivity index (χ2v) is 8.33. The number of hydrogen-bond acceptors (Lipinski definition) is 4. The molecule has 6 nitrogen and oxygen atoms in total. The average molecular weight is 382 g/mol. The largest absolute Gasteiger partial charge is 0.324 e. The molecule has 0 saturated carbocycles. The molecule has 0 fully saturated rings. The third-order valence-electron chi connectivity index (χ3n) is 3.72. The fourth-order valence-corrected chi connectivity index (χ4v) is 3.72. The van der Waals surface area contributed by atoms with Crippen LogP contribution in [0, 0.1) is 20.8 Å². The van der Waals surface area contributed by atoms with Crippen molar-refractivity contribution in [2.45, 2.75) is 25.7 Å². The zero-order chi connectivity index (χ0) is 18.8. The van der Waals surface area contributed by atoms with Crippen molar-refractivity contribution in [1.82, 2.24) is 9.29 Å². The van der Waals surface area contributed by atoms with E-state index in [9.17, 15) is 13.2 Å². The Morgan fingerprint density at radius 2 is 1.80 bits per heavy atom. The lowest BCUT2D eigenvalue weighted by molar-refractivity contribution is -0.116. The van der Waals surface area contributed by atoms with E-state index in [1.54, 1.807) is 0 Å². The van der Waals surface area contributed by atoms with Gasteiger partial charge in [0.05, 0.1) is 6.54 Å². The molecule has 1 aromatic carbocycles. The van der Waals surface area contributed by atoms with Crippen LogP contribution in [-0.2, 0) is 14.8 Å². The van der Waals surface area contributed by atoms with Gasteiger partial charge in [0, 0.05) is 18.9 Å². The van der Waals surface area contributed by atoms with E-state index in [0.29, 0.717) is 5.69 Å². The molecular formula is C17H20ClN3O3S. The van der Waals surface area contributed by atoms with Crippen LogP contribution in [0.4, 0.5) is 5.69 Å². The van der Waals surface area contributed by atoms with Gasteiger partial charge in [-0.2, -0.15) is 4.31 Å². The third-order valence-corrected chi connectivity index (χ3v) is 5.73. The topological polar surface area (TPSA) is 79.4 Å². The molecule has 0 spiro atoms. The normalized spacial score (nSPS) is 11.6. The first kappa shape index (κ1) is 19.4. The van der Waals surface area contributed by atoms with E-state index in [1.807, 2.05) is 32.9 Å². The number of halogens is 1. The smallest absolute Gasteiger partial charge is 0.244 e. The fraction of sp³-hybridized carbons (Fsp3) is 0.294. The third kappa shape index (κ3) is 4.56. The van der Waals surface area contributed by atoms with E-state index in [-0.39, 0.29) is 16.6 Å². The fourth-order valence-electron chi connectivity index (χ4n) is 2.54. The van der Waals surface area contributed by atoms with Crippen LogP contribution in [-0.4, -0.2) is 37.2 Å². The lowest BCUT2D eigenvalue weighted by Crippen LogP contribution is -2.35. The molecule has 0 aliphatic rings. The maximum absolute atomic E-state index is 12.5. The molecule has 25 heavy (non-hydrogen) atoms. The Labute approximate surface area is 152 Å². The van der Waals surface area contributed by atoms with Crippen LogP contribution in [0.25, 0.3) is 0 Å². The summed E-state index contributed by atoms with van der Waals surface area (Å²) in [7, 11) is -2.47. The summed E-state index contributed by atoms with van der Waals surface area (Å²) in [5, 5.41) is 2.99. The first-order chi connectivity index (χ1) is 11.6. The zero-order valence-electron chi connectivity index (χ0n) is 14.5. The SMILES string of the molecule is Cc1cc(C)c(NC(=O)CN(C)S(=O)(=O)c2ccc(Cl)nc2)c(C)c1. The van der Waals surface area contributed by atoms with Crippen LogP contribution < -0.4 is 5.32 Å². The van der Waals surface area contributed by atoms with Crippen LogP contribution in [0.15, 0.2) is 35.4 Å². The number of carbonyl (C=O) groups excluding carboxylic acids is 1. The van der Waals surface area contributed by atoms with Crippen LogP contribution >= 0.6 is 11.6 Å². The number of likely N-dealkylation sites (N-methyl/N-ethyl adjacent to an activating group) is 1. The van der Waals surface area contributed by atoms with Crippen molar-refractivity contribution < 1.29 is 13.2 Å². The van der Waals surface area contributed by atoms with Gasteiger partial charge >= 0.3 is 0 Å². The van der Waals surface area contributed by atoms with E-state index in [2.05, 4.69) is 10.3 Å². The number of amides is 1. The van der Waals surface area contributed by atoms with E-state index in [0.717, 1.165) is 21.0 Å². The van der Waals surface area contributed by atoms with Crippen molar-refractivity contribution in [1.29, 1.82) is 0 Å². The molecule has 1 heterocycles. The number of sulfonamides is 1. The molecule has 0 atom stereocenters. The number of anilines is 1. The Hall–Kier alpha value is -1.96. The number of rotatable bonds is 5. The second kappa shape index (κ2) is 7.51. The molecule has 8 heteroatoms. The minimum absolute atomic E-state index is 0.0186. The Kier molecular flexibility index (Phi) is 5.82. The van der Waals surface area contributed by atoms with Crippen molar-refractivity contribution in [3.05, 3.63) is 52.3 Å². The molecular weight excluding hydrogens is 362 g/mol. The van der Waals surface area contributed by atoms with E-state index in [4.69, 9.17) is 11.6 Å². The van der Waals surface area contributed by atoms with Gasteiger partial charge in [-0.05, 0) is 44.0 Å². The lowest BCUT2D eigenvalue weighted by Gasteiger charge is -2.18. The van der Waals surface area contributed by atoms with Crippen LogP contribution in [0.5, 0.6) is 0 Å². The van der Waals surface area contributed by atoms with Gasteiger partial charge in [0.2, 0.25) is 15.9 Å². The maximum atomic E-state index is 12.5. The quantitative estimate of drug-likeness (QED) is 0.807. The summed E-state index contributed by atoms with van der Waals surface area (Å²) < 4.78 is 25.9. The van der Waals surface area contributed by atoms with Crippen molar-refractivity contribution in [2.24, 2.45) is 0 Å². The summed E-state index contributed by atoms with van der Waals surface area (Å²) in [6.45, 7) is 5.47. The first-order valence-electron chi connectivity index (χ1n) is 7.57. The first-order valence-corrected chi connectivity index (χ1v) is 9.38. The van der Waals surface area contributed by atoms with Gasteiger partial charge in [0.1, 0.15) is 10.0 Å². The minimum Gasteiger partial charge on any atom is -0.324 e. The highest BCUT2D eigenvalue weighted by Crippen LogP contribution is 2.22. The molecule has 1 aromatic heterocycles. The molecule has 0 aliphatic carbocycles. The number of aromatic nitrogens is 1. The summed E-state index contributed by atoms with van der Waals surface area (Å²) in [6.07, 6.45) is 1.17. The van der Waals surface area contributed by atoms with Gasteiger partial charge in [-0.15, -0.1) is 0 Å². The van der Waals surface area contributed by atoms with Gasteiger partial charge < -0.3 is 5.32 Å². The summed E-state index contributed by atoms with van der Waals surface area (Å²) >= 11 is 5.67. The Morgan fingerprint density at radius 3 is 2.32 bits per heavy atom. The highest BCUT2D eigenvalue weighted by Gasteiger charge is 2.23. The molecule has 1 N–H and O–H groups in total. The molecule has 0 aliphatic heterocycles. The van der Waals surface area contributed by atoms with E-state index < -0.39 is 15.9 Å². The molecule has 0 saturated heterocycles. The summed E-state index contributed by atoms with van der Waals surface area (Å²) in [6, 6.07) is 6.67. The van der Waals surface area contributed by atoms with Crippen molar-refractivity contribution in [2.75, 3.05) is 18.9 Å². The molecule has 1 amide bonds. The maximum Gasteiger partial charge on any atom is 0.244 e. The monoisotopic (exact) mass is 381 g/mol. The van der Waals surface area contributed by atoms with Gasteiger partial charge in [-0.3, -0.25) is 4.79 Å². The number of hydrogen-bond donors (Lipinski definition) is 1.